The maximum Gasteiger partial charge on any atom is 0.328 e. The topological polar surface area (TPSA) is 54.6 Å². The lowest BCUT2D eigenvalue weighted by molar-refractivity contribution is -0.131. The van der Waals surface area contributed by atoms with Gasteiger partial charge in [-0.1, -0.05) is 23.7 Å². The highest BCUT2D eigenvalue weighted by Crippen LogP contribution is 2.27. The van der Waals surface area contributed by atoms with Gasteiger partial charge in [0.1, 0.15) is 5.65 Å². The molecule has 0 aliphatic rings. The number of rotatable bonds is 3. The third-order valence-corrected chi connectivity index (χ3v) is 3.57. The van der Waals surface area contributed by atoms with Crippen molar-refractivity contribution in [2.75, 3.05) is 0 Å². The Bertz CT molecular complexity index is 880. The minimum absolute atomic E-state index is 0.644. The molecule has 0 bridgehead atoms. The SMILES string of the molecule is Cc1ccn2c(/C=C/C(=O)O)c(-c3ccc(Cl)cc3)nc2c1. The Labute approximate surface area is 132 Å². The van der Waals surface area contributed by atoms with E-state index in [4.69, 9.17) is 16.7 Å². The Morgan fingerprint density at radius 2 is 2.00 bits per heavy atom. The van der Waals surface area contributed by atoms with E-state index in [1.807, 2.05) is 41.8 Å². The summed E-state index contributed by atoms with van der Waals surface area (Å²) in [7, 11) is 0. The lowest BCUT2D eigenvalue weighted by atomic mass is 10.1. The van der Waals surface area contributed by atoms with Crippen LogP contribution in [0, 0.1) is 6.92 Å². The summed E-state index contributed by atoms with van der Waals surface area (Å²) in [4.78, 5) is 15.5. The molecule has 2 aromatic heterocycles. The first-order valence-corrected chi connectivity index (χ1v) is 7.08. The number of hydrogen-bond acceptors (Lipinski definition) is 2. The van der Waals surface area contributed by atoms with Gasteiger partial charge >= 0.3 is 5.97 Å². The zero-order chi connectivity index (χ0) is 15.7. The Hall–Kier alpha value is -2.59. The van der Waals surface area contributed by atoms with Crippen molar-refractivity contribution in [3.05, 3.63) is 65.0 Å². The average Bonchev–Trinajstić information content (AvgIpc) is 2.83. The molecule has 0 unspecified atom stereocenters. The van der Waals surface area contributed by atoms with Gasteiger partial charge in [0, 0.05) is 22.9 Å². The molecular formula is C17H13ClN2O2. The number of aliphatic carboxylic acids is 1. The maximum absolute atomic E-state index is 10.8. The van der Waals surface area contributed by atoms with Crippen LogP contribution in [0.2, 0.25) is 5.02 Å². The lowest BCUT2D eigenvalue weighted by Crippen LogP contribution is -1.91. The second-order valence-corrected chi connectivity index (χ2v) is 5.39. The molecule has 0 spiro atoms. The number of aryl methyl sites for hydroxylation is 1. The third kappa shape index (κ3) is 2.73. The van der Waals surface area contributed by atoms with Gasteiger partial charge in [0.15, 0.2) is 0 Å². The van der Waals surface area contributed by atoms with E-state index in [1.54, 1.807) is 18.2 Å². The molecule has 0 atom stereocenters. The van der Waals surface area contributed by atoms with Crippen molar-refractivity contribution in [1.29, 1.82) is 0 Å². The molecule has 110 valence electrons. The van der Waals surface area contributed by atoms with E-state index in [-0.39, 0.29) is 0 Å². The summed E-state index contributed by atoms with van der Waals surface area (Å²) in [6.07, 6.45) is 4.56. The van der Waals surface area contributed by atoms with Gasteiger partial charge in [-0.3, -0.25) is 4.40 Å². The van der Waals surface area contributed by atoms with Crippen LogP contribution in [0.4, 0.5) is 0 Å². The number of pyridine rings is 1. The van der Waals surface area contributed by atoms with Gasteiger partial charge in [-0.15, -0.1) is 0 Å². The first kappa shape index (κ1) is 14.4. The molecule has 0 amide bonds. The van der Waals surface area contributed by atoms with E-state index in [0.29, 0.717) is 5.02 Å². The highest BCUT2D eigenvalue weighted by atomic mass is 35.5. The fourth-order valence-electron chi connectivity index (χ4n) is 2.30. The zero-order valence-electron chi connectivity index (χ0n) is 11.8. The number of imidazole rings is 1. The maximum atomic E-state index is 10.8. The van der Waals surface area contributed by atoms with Crippen LogP contribution in [0.15, 0.2) is 48.7 Å². The molecule has 0 fully saturated rings. The van der Waals surface area contributed by atoms with E-state index >= 15 is 0 Å². The number of fused-ring (bicyclic) bond motifs is 1. The van der Waals surface area contributed by atoms with Crippen LogP contribution in [0.3, 0.4) is 0 Å². The number of carbonyl (C=O) groups is 1. The number of nitrogens with zero attached hydrogens (tertiary/aromatic N) is 2. The normalized spacial score (nSPS) is 11.4. The first-order chi connectivity index (χ1) is 10.5. The Morgan fingerprint density at radius 3 is 2.68 bits per heavy atom. The standard InChI is InChI=1S/C17H13ClN2O2/c1-11-8-9-20-14(6-7-16(21)22)17(19-15(20)10-11)12-2-4-13(18)5-3-12/h2-10H,1H3,(H,21,22)/b7-6+. The predicted octanol–water partition coefficient (Wildman–Crippen LogP) is 4.06. The molecule has 0 aliphatic heterocycles. The molecule has 22 heavy (non-hydrogen) atoms. The fraction of sp³-hybridized carbons (Fsp3) is 0.0588. The van der Waals surface area contributed by atoms with Crippen LogP contribution in [-0.2, 0) is 4.79 Å². The summed E-state index contributed by atoms with van der Waals surface area (Å²) < 4.78 is 1.87. The smallest absolute Gasteiger partial charge is 0.328 e. The number of carboxylic acid groups (broad SMARTS) is 1. The minimum Gasteiger partial charge on any atom is -0.478 e. The van der Waals surface area contributed by atoms with Crippen LogP contribution >= 0.6 is 11.6 Å². The van der Waals surface area contributed by atoms with Crippen molar-refractivity contribution in [3.8, 4) is 11.3 Å². The van der Waals surface area contributed by atoms with Crippen LogP contribution in [0.25, 0.3) is 23.0 Å². The van der Waals surface area contributed by atoms with Gasteiger partial charge < -0.3 is 5.11 Å². The summed E-state index contributed by atoms with van der Waals surface area (Å²) in [5.41, 5.74) is 4.19. The molecular weight excluding hydrogens is 300 g/mol. The molecule has 5 heteroatoms. The number of halogens is 1. The monoisotopic (exact) mass is 312 g/mol. The molecule has 0 aliphatic carbocycles. The van der Waals surface area contributed by atoms with E-state index in [1.165, 1.54) is 0 Å². The molecule has 2 heterocycles. The second-order valence-electron chi connectivity index (χ2n) is 4.96. The Balaban J connectivity index is 2.25. The van der Waals surface area contributed by atoms with E-state index in [0.717, 1.165) is 34.2 Å². The summed E-state index contributed by atoms with van der Waals surface area (Å²) in [6, 6.07) is 11.2. The Kier molecular flexibility index (Phi) is 3.69. The highest BCUT2D eigenvalue weighted by Gasteiger charge is 2.12. The molecule has 1 N–H and O–H groups in total. The van der Waals surface area contributed by atoms with E-state index in [2.05, 4.69) is 4.98 Å². The average molecular weight is 313 g/mol. The number of aromatic nitrogens is 2. The van der Waals surface area contributed by atoms with Gasteiger partial charge in [-0.2, -0.15) is 0 Å². The first-order valence-electron chi connectivity index (χ1n) is 6.70. The van der Waals surface area contributed by atoms with Crippen molar-refractivity contribution >= 4 is 29.3 Å². The highest BCUT2D eigenvalue weighted by molar-refractivity contribution is 6.30. The summed E-state index contributed by atoms with van der Waals surface area (Å²) >= 11 is 5.92. The minimum atomic E-state index is -0.996. The van der Waals surface area contributed by atoms with Gasteiger partial charge in [0.05, 0.1) is 11.4 Å². The van der Waals surface area contributed by atoms with Crippen molar-refractivity contribution in [3.63, 3.8) is 0 Å². The zero-order valence-corrected chi connectivity index (χ0v) is 12.6. The van der Waals surface area contributed by atoms with Crippen LogP contribution in [0.1, 0.15) is 11.3 Å². The van der Waals surface area contributed by atoms with Gasteiger partial charge in [0.2, 0.25) is 0 Å². The van der Waals surface area contributed by atoms with Crippen molar-refractivity contribution in [1.82, 2.24) is 9.38 Å². The number of benzene rings is 1. The van der Waals surface area contributed by atoms with Gasteiger partial charge in [-0.05, 0) is 42.8 Å². The molecule has 0 radical (unpaired) electrons. The summed E-state index contributed by atoms with van der Waals surface area (Å²) in [5.74, 6) is -0.996. The molecule has 4 nitrogen and oxygen atoms in total. The summed E-state index contributed by atoms with van der Waals surface area (Å²) in [6.45, 7) is 1.99. The van der Waals surface area contributed by atoms with Crippen LogP contribution in [-0.4, -0.2) is 20.5 Å². The molecule has 1 aromatic carbocycles. The third-order valence-electron chi connectivity index (χ3n) is 3.32. The molecule has 3 rings (SSSR count). The van der Waals surface area contributed by atoms with E-state index < -0.39 is 5.97 Å². The Morgan fingerprint density at radius 1 is 1.27 bits per heavy atom. The predicted molar refractivity (Wildman–Crippen MR) is 87.0 cm³/mol. The van der Waals surface area contributed by atoms with Crippen LogP contribution in [0.5, 0.6) is 0 Å². The number of carboxylic acids is 1. The van der Waals surface area contributed by atoms with Crippen LogP contribution < -0.4 is 0 Å². The van der Waals surface area contributed by atoms with Crippen molar-refractivity contribution < 1.29 is 9.90 Å². The second kappa shape index (κ2) is 5.66. The molecule has 0 saturated heterocycles. The van der Waals surface area contributed by atoms with E-state index in [9.17, 15) is 4.79 Å². The molecule has 0 saturated carbocycles. The lowest BCUT2D eigenvalue weighted by Gasteiger charge is -2.01. The largest absolute Gasteiger partial charge is 0.478 e. The quantitative estimate of drug-likeness (QED) is 0.742. The molecule has 3 aromatic rings. The summed E-state index contributed by atoms with van der Waals surface area (Å²) in [5, 5.41) is 9.54. The fourth-order valence-corrected chi connectivity index (χ4v) is 2.42. The van der Waals surface area contributed by atoms with Crippen molar-refractivity contribution in [2.24, 2.45) is 0 Å². The van der Waals surface area contributed by atoms with Gasteiger partial charge in [-0.25, -0.2) is 9.78 Å². The van der Waals surface area contributed by atoms with Gasteiger partial charge in [0.25, 0.3) is 0 Å². The van der Waals surface area contributed by atoms with Crippen molar-refractivity contribution in [2.45, 2.75) is 6.92 Å². The number of hydrogen-bond donors (Lipinski definition) is 1.